The average molecular weight is 251 g/mol. The molecule has 18 heavy (non-hydrogen) atoms. The van der Waals surface area contributed by atoms with Crippen LogP contribution < -0.4 is 11.1 Å². The fourth-order valence-electron chi connectivity index (χ4n) is 1.39. The standard InChI is InChI=1S/C12H17N3O3/c13-11(17)10-5-4-9(8-15-10)12(18)14-6-2-1-3-7-16/h4-5,8,16H,1-3,6-7H2,(H2,13,17)(H,14,18). The number of hydrogen-bond acceptors (Lipinski definition) is 4. The Balaban J connectivity index is 2.39. The van der Waals surface area contributed by atoms with Gasteiger partial charge in [0.05, 0.1) is 5.56 Å². The first-order chi connectivity index (χ1) is 8.65. The van der Waals surface area contributed by atoms with Gasteiger partial charge in [-0.1, -0.05) is 0 Å². The minimum atomic E-state index is -0.619. The molecule has 6 nitrogen and oxygen atoms in total. The number of nitrogens with one attached hydrogen (secondary N) is 1. The third-order valence-electron chi connectivity index (χ3n) is 2.40. The molecule has 2 amide bonds. The Kier molecular flexibility index (Phi) is 5.79. The largest absolute Gasteiger partial charge is 0.396 e. The number of hydrogen-bond donors (Lipinski definition) is 3. The zero-order valence-corrected chi connectivity index (χ0v) is 10.1. The van der Waals surface area contributed by atoms with Crippen molar-refractivity contribution in [1.29, 1.82) is 0 Å². The van der Waals surface area contributed by atoms with Crippen molar-refractivity contribution in [3.63, 3.8) is 0 Å². The fourth-order valence-corrected chi connectivity index (χ4v) is 1.39. The van der Waals surface area contributed by atoms with Crippen molar-refractivity contribution in [3.05, 3.63) is 29.6 Å². The predicted molar refractivity (Wildman–Crippen MR) is 66.0 cm³/mol. The maximum atomic E-state index is 11.6. The Bertz CT molecular complexity index is 404. The van der Waals surface area contributed by atoms with Crippen LogP contribution in [-0.4, -0.2) is 35.1 Å². The molecule has 1 aromatic rings. The molecule has 98 valence electrons. The number of carbonyl (C=O) groups excluding carboxylic acids is 2. The number of aromatic nitrogens is 1. The number of rotatable bonds is 7. The van der Waals surface area contributed by atoms with Gasteiger partial charge in [-0.25, -0.2) is 0 Å². The molecule has 0 atom stereocenters. The fraction of sp³-hybridized carbons (Fsp3) is 0.417. The van der Waals surface area contributed by atoms with Crippen LogP contribution in [0.25, 0.3) is 0 Å². The number of primary amides is 1. The summed E-state index contributed by atoms with van der Waals surface area (Å²) in [5.41, 5.74) is 5.57. The first-order valence-electron chi connectivity index (χ1n) is 5.80. The highest BCUT2D eigenvalue weighted by Gasteiger charge is 2.07. The number of nitrogens with zero attached hydrogens (tertiary/aromatic N) is 1. The summed E-state index contributed by atoms with van der Waals surface area (Å²) in [5.74, 6) is -0.853. The molecule has 0 aliphatic rings. The number of amides is 2. The molecule has 0 fully saturated rings. The van der Waals surface area contributed by atoms with E-state index in [0.29, 0.717) is 12.1 Å². The highest BCUT2D eigenvalue weighted by Crippen LogP contribution is 2.00. The summed E-state index contributed by atoms with van der Waals surface area (Å²) in [6.07, 6.45) is 3.75. The van der Waals surface area contributed by atoms with Gasteiger partial charge in [-0.15, -0.1) is 0 Å². The van der Waals surface area contributed by atoms with Gasteiger partial charge in [0.25, 0.3) is 11.8 Å². The van der Waals surface area contributed by atoms with Crippen molar-refractivity contribution in [2.45, 2.75) is 19.3 Å². The minimum absolute atomic E-state index is 0.134. The summed E-state index contributed by atoms with van der Waals surface area (Å²) < 4.78 is 0. The first-order valence-corrected chi connectivity index (χ1v) is 5.80. The van der Waals surface area contributed by atoms with Gasteiger partial charge in [-0.3, -0.25) is 14.6 Å². The van der Waals surface area contributed by atoms with Crippen molar-refractivity contribution in [2.75, 3.05) is 13.2 Å². The zero-order valence-electron chi connectivity index (χ0n) is 10.1. The van der Waals surface area contributed by atoms with Crippen molar-refractivity contribution >= 4 is 11.8 Å². The maximum Gasteiger partial charge on any atom is 0.267 e. The van der Waals surface area contributed by atoms with Gasteiger partial charge < -0.3 is 16.2 Å². The number of carbonyl (C=O) groups is 2. The van der Waals surface area contributed by atoms with Crippen LogP contribution in [0.15, 0.2) is 18.3 Å². The van der Waals surface area contributed by atoms with Crippen LogP contribution in [0, 0.1) is 0 Å². The molecule has 0 radical (unpaired) electrons. The summed E-state index contributed by atoms with van der Waals surface area (Å²) in [7, 11) is 0. The summed E-state index contributed by atoms with van der Waals surface area (Å²) >= 11 is 0. The SMILES string of the molecule is NC(=O)c1ccc(C(=O)NCCCCCO)cn1. The van der Waals surface area contributed by atoms with Gasteiger partial charge in [0.1, 0.15) is 5.69 Å². The maximum absolute atomic E-state index is 11.6. The van der Waals surface area contributed by atoms with Crippen LogP contribution >= 0.6 is 0 Å². The van der Waals surface area contributed by atoms with E-state index in [1.54, 1.807) is 0 Å². The van der Waals surface area contributed by atoms with E-state index in [-0.39, 0.29) is 18.2 Å². The van der Waals surface area contributed by atoms with Crippen molar-refractivity contribution < 1.29 is 14.7 Å². The summed E-state index contributed by atoms with van der Waals surface area (Å²) in [4.78, 5) is 26.2. The Morgan fingerprint density at radius 1 is 1.28 bits per heavy atom. The Labute approximate surface area is 105 Å². The number of aliphatic hydroxyl groups is 1. The lowest BCUT2D eigenvalue weighted by molar-refractivity contribution is 0.0948. The van der Waals surface area contributed by atoms with Crippen LogP contribution in [-0.2, 0) is 0 Å². The Hall–Kier alpha value is -1.95. The van der Waals surface area contributed by atoms with E-state index in [1.807, 2.05) is 0 Å². The Morgan fingerprint density at radius 3 is 2.61 bits per heavy atom. The van der Waals surface area contributed by atoms with Crippen molar-refractivity contribution in [2.24, 2.45) is 5.73 Å². The Morgan fingerprint density at radius 2 is 2.06 bits per heavy atom. The highest BCUT2D eigenvalue weighted by atomic mass is 16.3. The van der Waals surface area contributed by atoms with Gasteiger partial charge in [-0.05, 0) is 31.4 Å². The zero-order chi connectivity index (χ0) is 13.4. The molecule has 1 aromatic heterocycles. The van der Waals surface area contributed by atoms with E-state index in [4.69, 9.17) is 10.8 Å². The highest BCUT2D eigenvalue weighted by molar-refractivity contribution is 5.95. The topological polar surface area (TPSA) is 105 Å². The number of pyridine rings is 1. The molecule has 0 spiro atoms. The molecule has 0 bridgehead atoms. The van der Waals surface area contributed by atoms with Gasteiger partial charge in [0.15, 0.2) is 0 Å². The van der Waals surface area contributed by atoms with Crippen LogP contribution in [0.3, 0.4) is 0 Å². The lowest BCUT2D eigenvalue weighted by atomic mass is 10.2. The molecule has 6 heteroatoms. The van der Waals surface area contributed by atoms with Crippen LogP contribution in [0.2, 0.25) is 0 Å². The molecule has 0 aliphatic heterocycles. The van der Waals surface area contributed by atoms with Gasteiger partial charge in [0.2, 0.25) is 0 Å². The molecule has 0 saturated heterocycles. The van der Waals surface area contributed by atoms with E-state index in [9.17, 15) is 9.59 Å². The van der Waals surface area contributed by atoms with E-state index in [1.165, 1.54) is 18.3 Å². The third-order valence-corrected chi connectivity index (χ3v) is 2.40. The van der Waals surface area contributed by atoms with E-state index in [2.05, 4.69) is 10.3 Å². The number of unbranched alkanes of at least 4 members (excludes halogenated alkanes) is 2. The number of nitrogens with two attached hydrogens (primary N) is 1. The smallest absolute Gasteiger partial charge is 0.267 e. The molecule has 4 N–H and O–H groups in total. The van der Waals surface area contributed by atoms with E-state index < -0.39 is 5.91 Å². The minimum Gasteiger partial charge on any atom is -0.396 e. The first kappa shape index (κ1) is 14.1. The molecule has 1 rings (SSSR count). The second-order valence-electron chi connectivity index (χ2n) is 3.84. The third kappa shape index (κ3) is 4.50. The van der Waals surface area contributed by atoms with Crippen LogP contribution in [0.1, 0.15) is 40.1 Å². The van der Waals surface area contributed by atoms with Gasteiger partial charge >= 0.3 is 0 Å². The second kappa shape index (κ2) is 7.39. The summed E-state index contributed by atoms with van der Waals surface area (Å²) in [6, 6.07) is 2.93. The molecular formula is C12H17N3O3. The normalized spacial score (nSPS) is 10.1. The summed E-state index contributed by atoms with van der Waals surface area (Å²) in [6.45, 7) is 0.725. The molecule has 0 aliphatic carbocycles. The predicted octanol–water partition coefficient (Wildman–Crippen LogP) is 0.0729. The van der Waals surface area contributed by atoms with Crippen molar-refractivity contribution in [3.8, 4) is 0 Å². The average Bonchev–Trinajstić information content (AvgIpc) is 2.38. The quantitative estimate of drug-likeness (QED) is 0.596. The van der Waals surface area contributed by atoms with E-state index in [0.717, 1.165) is 19.3 Å². The van der Waals surface area contributed by atoms with Gasteiger partial charge in [0, 0.05) is 19.3 Å². The molecule has 0 aromatic carbocycles. The number of aliphatic hydroxyl groups excluding tert-OH is 1. The summed E-state index contributed by atoms with van der Waals surface area (Å²) in [5, 5.41) is 11.3. The molecule has 0 saturated carbocycles. The van der Waals surface area contributed by atoms with Crippen LogP contribution in [0.4, 0.5) is 0 Å². The molecule has 0 unspecified atom stereocenters. The van der Waals surface area contributed by atoms with Gasteiger partial charge in [-0.2, -0.15) is 0 Å². The molecular weight excluding hydrogens is 234 g/mol. The monoisotopic (exact) mass is 251 g/mol. The lowest BCUT2D eigenvalue weighted by Gasteiger charge is -2.04. The molecule has 1 heterocycles. The lowest BCUT2D eigenvalue weighted by Crippen LogP contribution is -2.25. The van der Waals surface area contributed by atoms with E-state index >= 15 is 0 Å². The van der Waals surface area contributed by atoms with Crippen molar-refractivity contribution in [1.82, 2.24) is 10.3 Å². The van der Waals surface area contributed by atoms with Crippen LogP contribution in [0.5, 0.6) is 0 Å². The second-order valence-corrected chi connectivity index (χ2v) is 3.84.